The van der Waals surface area contributed by atoms with Gasteiger partial charge in [-0.2, -0.15) is 0 Å². The number of imidazole rings is 1. The Balaban J connectivity index is 1.78. The molecule has 106 valence electrons. The summed E-state index contributed by atoms with van der Waals surface area (Å²) in [5, 5.41) is 2.96. The lowest BCUT2D eigenvalue weighted by molar-refractivity contribution is -0.122. The smallest absolute Gasteiger partial charge is 0.222 e. The molecule has 0 unspecified atom stereocenters. The molecule has 2 rings (SSSR count). The van der Waals surface area contributed by atoms with Gasteiger partial charge in [-0.3, -0.25) is 4.79 Å². The third-order valence-electron chi connectivity index (χ3n) is 3.38. The average molecular weight is 267 g/mol. The SMILES string of the molecule is CCc1nccn1CCC(=O)N[C@H]1COC[C@@H]1OC. The van der Waals surface area contributed by atoms with Crippen LogP contribution in [0.3, 0.4) is 0 Å². The van der Waals surface area contributed by atoms with Crippen molar-refractivity contribution in [2.75, 3.05) is 20.3 Å². The van der Waals surface area contributed by atoms with Crippen LogP contribution in [-0.2, 0) is 27.2 Å². The second-order valence-electron chi connectivity index (χ2n) is 4.63. The summed E-state index contributed by atoms with van der Waals surface area (Å²) < 4.78 is 12.6. The van der Waals surface area contributed by atoms with Gasteiger partial charge < -0.3 is 19.4 Å². The molecule has 0 saturated carbocycles. The maximum Gasteiger partial charge on any atom is 0.222 e. The van der Waals surface area contributed by atoms with Crippen molar-refractivity contribution in [2.45, 2.75) is 38.5 Å². The van der Waals surface area contributed by atoms with Gasteiger partial charge in [-0.15, -0.1) is 0 Å². The first-order chi connectivity index (χ1) is 9.24. The highest BCUT2D eigenvalue weighted by molar-refractivity contribution is 5.76. The van der Waals surface area contributed by atoms with Crippen LogP contribution in [0.1, 0.15) is 19.2 Å². The van der Waals surface area contributed by atoms with E-state index in [1.807, 2.05) is 10.8 Å². The molecule has 0 bridgehead atoms. The maximum absolute atomic E-state index is 11.9. The molecule has 0 aliphatic carbocycles. The summed E-state index contributed by atoms with van der Waals surface area (Å²) in [5.41, 5.74) is 0. The summed E-state index contributed by atoms with van der Waals surface area (Å²) in [6.07, 6.45) is 4.95. The molecule has 2 atom stereocenters. The molecule has 0 spiro atoms. The predicted molar refractivity (Wildman–Crippen MR) is 69.8 cm³/mol. The largest absolute Gasteiger partial charge is 0.377 e. The van der Waals surface area contributed by atoms with Crippen LogP contribution >= 0.6 is 0 Å². The van der Waals surface area contributed by atoms with Crippen LogP contribution in [0.5, 0.6) is 0 Å². The van der Waals surface area contributed by atoms with E-state index < -0.39 is 0 Å². The normalized spacial score (nSPS) is 22.6. The van der Waals surface area contributed by atoms with Gasteiger partial charge in [0.1, 0.15) is 11.9 Å². The lowest BCUT2D eigenvalue weighted by Gasteiger charge is -2.17. The van der Waals surface area contributed by atoms with Gasteiger partial charge in [-0.25, -0.2) is 4.98 Å². The van der Waals surface area contributed by atoms with Crippen molar-refractivity contribution >= 4 is 5.91 Å². The summed E-state index contributed by atoms with van der Waals surface area (Å²) in [5.74, 6) is 1.03. The van der Waals surface area contributed by atoms with Gasteiger partial charge in [0.25, 0.3) is 0 Å². The van der Waals surface area contributed by atoms with Crippen molar-refractivity contribution in [3.05, 3.63) is 18.2 Å². The minimum atomic E-state index is -0.0385. The molecule has 6 nitrogen and oxygen atoms in total. The number of carbonyl (C=O) groups excluding carboxylic acids is 1. The van der Waals surface area contributed by atoms with E-state index in [0.717, 1.165) is 12.2 Å². The Hall–Kier alpha value is -1.40. The second kappa shape index (κ2) is 6.68. The van der Waals surface area contributed by atoms with Gasteiger partial charge in [0.15, 0.2) is 0 Å². The molecule has 19 heavy (non-hydrogen) atoms. The molecule has 0 aromatic carbocycles. The number of hydrogen-bond donors (Lipinski definition) is 1. The van der Waals surface area contributed by atoms with Crippen LogP contribution in [0.15, 0.2) is 12.4 Å². The maximum atomic E-state index is 11.9. The molecule has 1 amide bonds. The topological polar surface area (TPSA) is 65.4 Å². The van der Waals surface area contributed by atoms with Crippen LogP contribution < -0.4 is 5.32 Å². The number of ether oxygens (including phenoxy) is 2. The molecule has 1 aliphatic heterocycles. The van der Waals surface area contributed by atoms with Crippen molar-refractivity contribution in [3.63, 3.8) is 0 Å². The first-order valence-electron chi connectivity index (χ1n) is 6.64. The van der Waals surface area contributed by atoms with E-state index >= 15 is 0 Å². The Morgan fingerprint density at radius 1 is 1.63 bits per heavy atom. The molecule has 1 aromatic heterocycles. The number of nitrogens with zero attached hydrogens (tertiary/aromatic N) is 2. The number of hydrogen-bond acceptors (Lipinski definition) is 4. The molecule has 1 fully saturated rings. The van der Waals surface area contributed by atoms with Gasteiger partial charge in [0.2, 0.25) is 5.91 Å². The summed E-state index contributed by atoms with van der Waals surface area (Å²) in [6, 6.07) is -0.0362. The first-order valence-corrected chi connectivity index (χ1v) is 6.64. The number of carbonyl (C=O) groups is 1. The Kier molecular flexibility index (Phi) is 4.93. The fourth-order valence-electron chi connectivity index (χ4n) is 2.26. The molecule has 2 heterocycles. The van der Waals surface area contributed by atoms with Crippen LogP contribution in [0, 0.1) is 0 Å². The molecule has 6 heteroatoms. The van der Waals surface area contributed by atoms with E-state index in [4.69, 9.17) is 9.47 Å². The monoisotopic (exact) mass is 267 g/mol. The third-order valence-corrected chi connectivity index (χ3v) is 3.38. The van der Waals surface area contributed by atoms with E-state index in [1.54, 1.807) is 13.3 Å². The van der Waals surface area contributed by atoms with Gasteiger partial charge >= 0.3 is 0 Å². The van der Waals surface area contributed by atoms with Crippen molar-refractivity contribution in [3.8, 4) is 0 Å². The van der Waals surface area contributed by atoms with E-state index in [1.165, 1.54) is 0 Å². The number of aryl methyl sites for hydroxylation is 2. The Morgan fingerprint density at radius 3 is 3.21 bits per heavy atom. The fraction of sp³-hybridized carbons (Fsp3) is 0.692. The van der Waals surface area contributed by atoms with Crippen LogP contribution in [0.4, 0.5) is 0 Å². The van der Waals surface area contributed by atoms with Crippen LogP contribution in [0.25, 0.3) is 0 Å². The highest BCUT2D eigenvalue weighted by Gasteiger charge is 2.29. The number of amides is 1. The van der Waals surface area contributed by atoms with Crippen molar-refractivity contribution in [1.29, 1.82) is 0 Å². The molecular formula is C13H21N3O3. The summed E-state index contributed by atoms with van der Waals surface area (Å²) in [7, 11) is 1.64. The molecule has 0 radical (unpaired) electrons. The minimum absolute atomic E-state index is 0.0216. The zero-order valence-electron chi connectivity index (χ0n) is 11.5. The van der Waals surface area contributed by atoms with Gasteiger partial charge in [0, 0.05) is 38.9 Å². The zero-order valence-corrected chi connectivity index (χ0v) is 11.5. The molecule has 1 aromatic rings. The van der Waals surface area contributed by atoms with Crippen molar-refractivity contribution in [1.82, 2.24) is 14.9 Å². The summed E-state index contributed by atoms with van der Waals surface area (Å²) in [4.78, 5) is 16.1. The van der Waals surface area contributed by atoms with Crippen molar-refractivity contribution < 1.29 is 14.3 Å². The quantitative estimate of drug-likeness (QED) is 0.808. The van der Waals surface area contributed by atoms with Gasteiger partial charge in [-0.1, -0.05) is 6.92 Å². The zero-order chi connectivity index (χ0) is 13.7. The van der Waals surface area contributed by atoms with Crippen LogP contribution in [0.2, 0.25) is 0 Å². The Bertz CT molecular complexity index is 419. The van der Waals surface area contributed by atoms with Crippen molar-refractivity contribution in [2.24, 2.45) is 0 Å². The molecule has 1 saturated heterocycles. The third kappa shape index (κ3) is 3.54. The fourth-order valence-corrected chi connectivity index (χ4v) is 2.26. The average Bonchev–Trinajstić information content (AvgIpc) is 3.04. The molecular weight excluding hydrogens is 246 g/mol. The molecule has 1 N–H and O–H groups in total. The Morgan fingerprint density at radius 2 is 2.47 bits per heavy atom. The summed E-state index contributed by atoms with van der Waals surface area (Å²) >= 11 is 0. The standard InChI is InChI=1S/C13H21N3O3/c1-3-12-14-5-7-16(12)6-4-13(17)15-10-8-19-9-11(10)18-2/h5,7,10-11H,3-4,6,8-9H2,1-2H3,(H,15,17)/t10-,11-/m0/s1. The molecule has 1 aliphatic rings. The first kappa shape index (κ1) is 14.0. The van der Waals surface area contributed by atoms with Gasteiger partial charge in [0.05, 0.1) is 19.3 Å². The minimum Gasteiger partial charge on any atom is -0.377 e. The van der Waals surface area contributed by atoms with Crippen LogP contribution in [-0.4, -0.2) is 47.9 Å². The Labute approximate surface area is 113 Å². The van der Waals surface area contributed by atoms with E-state index in [-0.39, 0.29) is 18.1 Å². The second-order valence-corrected chi connectivity index (χ2v) is 4.63. The summed E-state index contributed by atoms with van der Waals surface area (Å²) in [6.45, 7) is 3.77. The predicted octanol–water partition coefficient (Wildman–Crippen LogP) is 0.366. The lowest BCUT2D eigenvalue weighted by atomic mass is 10.2. The van der Waals surface area contributed by atoms with E-state index in [9.17, 15) is 4.79 Å². The lowest BCUT2D eigenvalue weighted by Crippen LogP contribution is -2.43. The highest BCUT2D eigenvalue weighted by atomic mass is 16.5. The number of methoxy groups -OCH3 is 1. The number of nitrogens with one attached hydrogen (secondary N) is 1. The number of rotatable bonds is 6. The highest BCUT2D eigenvalue weighted by Crippen LogP contribution is 2.09. The van der Waals surface area contributed by atoms with Gasteiger partial charge in [-0.05, 0) is 0 Å². The van der Waals surface area contributed by atoms with E-state index in [2.05, 4.69) is 17.2 Å². The van der Waals surface area contributed by atoms with E-state index in [0.29, 0.717) is 26.2 Å². The number of aromatic nitrogens is 2.